The maximum absolute atomic E-state index is 3.68. The smallest absolute Gasteiger partial charge is 0.00205 e. The van der Waals surface area contributed by atoms with Crippen LogP contribution in [0.1, 0.15) is 85.5 Å². The third kappa shape index (κ3) is 7.11. The maximum Gasteiger partial charge on any atom is -0.00205 e. The van der Waals surface area contributed by atoms with Crippen molar-refractivity contribution in [2.24, 2.45) is 23.7 Å². The van der Waals surface area contributed by atoms with Crippen LogP contribution < -0.4 is 5.32 Å². The zero-order chi connectivity index (χ0) is 14.8. The van der Waals surface area contributed by atoms with E-state index in [4.69, 9.17) is 0 Å². The highest BCUT2D eigenvalue weighted by atomic mass is 14.9. The Morgan fingerprint density at radius 3 is 2.30 bits per heavy atom. The zero-order valence-electron chi connectivity index (χ0n) is 14.6. The highest BCUT2D eigenvalue weighted by Crippen LogP contribution is 2.31. The molecule has 1 fully saturated rings. The monoisotopic (exact) mass is 281 g/mol. The number of hydrogen-bond acceptors (Lipinski definition) is 1. The molecule has 0 spiro atoms. The largest absolute Gasteiger partial charge is 0.316 e. The summed E-state index contributed by atoms with van der Waals surface area (Å²) in [6, 6.07) is 0. The van der Waals surface area contributed by atoms with Gasteiger partial charge in [0, 0.05) is 0 Å². The Bertz CT molecular complexity index is 226. The first kappa shape index (κ1) is 18.0. The summed E-state index contributed by atoms with van der Waals surface area (Å²) in [6.07, 6.45) is 12.9. The second kappa shape index (κ2) is 10.7. The van der Waals surface area contributed by atoms with Crippen LogP contribution in [0.15, 0.2) is 0 Å². The fourth-order valence-electron chi connectivity index (χ4n) is 3.64. The van der Waals surface area contributed by atoms with Crippen LogP contribution in [-0.4, -0.2) is 13.1 Å². The van der Waals surface area contributed by atoms with Crippen LogP contribution in [0.5, 0.6) is 0 Å². The molecule has 1 heterocycles. The Hall–Kier alpha value is -0.0400. The second-order valence-electron chi connectivity index (χ2n) is 7.48. The van der Waals surface area contributed by atoms with Gasteiger partial charge in [0.25, 0.3) is 0 Å². The van der Waals surface area contributed by atoms with E-state index in [1.165, 1.54) is 70.9 Å². The van der Waals surface area contributed by atoms with E-state index >= 15 is 0 Å². The second-order valence-corrected chi connectivity index (χ2v) is 7.48. The molecule has 4 unspecified atom stereocenters. The SMILES string of the molecule is CCCCCCCCC1CC(C)C(C)CCNCC1C. The maximum atomic E-state index is 3.68. The van der Waals surface area contributed by atoms with Gasteiger partial charge in [-0.3, -0.25) is 0 Å². The Morgan fingerprint density at radius 2 is 1.55 bits per heavy atom. The molecule has 0 radical (unpaired) electrons. The molecular weight excluding hydrogens is 242 g/mol. The summed E-state index contributed by atoms with van der Waals surface area (Å²) in [7, 11) is 0. The lowest BCUT2D eigenvalue weighted by atomic mass is 9.78. The Kier molecular flexibility index (Phi) is 9.59. The van der Waals surface area contributed by atoms with Crippen molar-refractivity contribution >= 4 is 0 Å². The molecule has 0 aromatic carbocycles. The third-order valence-electron chi connectivity index (χ3n) is 5.62. The van der Waals surface area contributed by atoms with E-state index in [1.54, 1.807) is 0 Å². The molecule has 1 aliphatic heterocycles. The highest BCUT2D eigenvalue weighted by molar-refractivity contribution is 4.76. The topological polar surface area (TPSA) is 12.0 Å². The fourth-order valence-corrected chi connectivity index (χ4v) is 3.64. The minimum Gasteiger partial charge on any atom is -0.316 e. The fraction of sp³-hybridized carbons (Fsp3) is 1.00. The van der Waals surface area contributed by atoms with Gasteiger partial charge in [0.05, 0.1) is 0 Å². The summed E-state index contributed by atoms with van der Waals surface area (Å²) in [5.41, 5.74) is 0. The number of nitrogens with one attached hydrogen (secondary N) is 1. The van der Waals surface area contributed by atoms with Gasteiger partial charge in [-0.05, 0) is 49.6 Å². The van der Waals surface area contributed by atoms with Gasteiger partial charge in [0.1, 0.15) is 0 Å². The lowest BCUT2D eigenvalue weighted by Crippen LogP contribution is -2.26. The lowest BCUT2D eigenvalue weighted by Gasteiger charge is -2.27. The molecule has 1 rings (SSSR count). The molecule has 0 bridgehead atoms. The summed E-state index contributed by atoms with van der Waals surface area (Å²) >= 11 is 0. The van der Waals surface area contributed by atoms with Crippen molar-refractivity contribution in [3.05, 3.63) is 0 Å². The van der Waals surface area contributed by atoms with Crippen molar-refractivity contribution in [3.8, 4) is 0 Å². The van der Waals surface area contributed by atoms with E-state index in [1.807, 2.05) is 0 Å². The molecule has 1 heteroatoms. The lowest BCUT2D eigenvalue weighted by molar-refractivity contribution is 0.238. The molecule has 0 saturated carbocycles. The summed E-state index contributed by atoms with van der Waals surface area (Å²) in [4.78, 5) is 0. The Balaban J connectivity index is 2.30. The van der Waals surface area contributed by atoms with Crippen LogP contribution in [0.2, 0.25) is 0 Å². The molecule has 1 aliphatic rings. The molecule has 20 heavy (non-hydrogen) atoms. The van der Waals surface area contributed by atoms with Gasteiger partial charge in [0.15, 0.2) is 0 Å². The molecule has 0 amide bonds. The number of hydrogen-bond donors (Lipinski definition) is 1. The molecule has 1 saturated heterocycles. The van der Waals surface area contributed by atoms with Crippen molar-refractivity contribution in [2.75, 3.05) is 13.1 Å². The van der Waals surface area contributed by atoms with Crippen LogP contribution in [0.3, 0.4) is 0 Å². The predicted octanol–water partition coefficient (Wildman–Crippen LogP) is 5.64. The molecule has 0 aromatic heterocycles. The van der Waals surface area contributed by atoms with E-state index in [0.29, 0.717) is 0 Å². The first-order valence-corrected chi connectivity index (χ1v) is 9.35. The average Bonchev–Trinajstić information content (AvgIpc) is 2.49. The normalized spacial score (nSPS) is 32.4. The van der Waals surface area contributed by atoms with E-state index in [-0.39, 0.29) is 0 Å². The Labute approximate surface area is 128 Å². The quantitative estimate of drug-likeness (QED) is 0.595. The van der Waals surface area contributed by atoms with Gasteiger partial charge < -0.3 is 5.32 Å². The average molecular weight is 282 g/mol. The predicted molar refractivity (Wildman–Crippen MR) is 91.1 cm³/mol. The van der Waals surface area contributed by atoms with Crippen LogP contribution in [-0.2, 0) is 0 Å². The minimum absolute atomic E-state index is 0.860. The minimum atomic E-state index is 0.860. The van der Waals surface area contributed by atoms with Crippen LogP contribution >= 0.6 is 0 Å². The van der Waals surface area contributed by atoms with Gasteiger partial charge in [-0.2, -0.15) is 0 Å². The van der Waals surface area contributed by atoms with E-state index in [9.17, 15) is 0 Å². The van der Waals surface area contributed by atoms with Crippen molar-refractivity contribution in [2.45, 2.75) is 85.5 Å². The van der Waals surface area contributed by atoms with Crippen LogP contribution in [0.4, 0.5) is 0 Å². The Morgan fingerprint density at radius 1 is 0.850 bits per heavy atom. The van der Waals surface area contributed by atoms with Crippen molar-refractivity contribution < 1.29 is 0 Å². The molecule has 120 valence electrons. The van der Waals surface area contributed by atoms with Gasteiger partial charge in [-0.15, -0.1) is 0 Å². The molecule has 1 N–H and O–H groups in total. The van der Waals surface area contributed by atoms with Gasteiger partial charge in [0.2, 0.25) is 0 Å². The summed E-state index contributed by atoms with van der Waals surface area (Å²) in [5.74, 6) is 3.60. The standard InChI is InChI=1S/C19H39N/c1-5-6-7-8-9-10-11-19-14-17(3)16(2)12-13-20-15-18(19)4/h16-20H,5-15H2,1-4H3. The van der Waals surface area contributed by atoms with E-state index in [2.05, 4.69) is 33.0 Å². The van der Waals surface area contributed by atoms with Crippen molar-refractivity contribution in [1.82, 2.24) is 5.32 Å². The van der Waals surface area contributed by atoms with Crippen LogP contribution in [0.25, 0.3) is 0 Å². The third-order valence-corrected chi connectivity index (χ3v) is 5.62. The van der Waals surface area contributed by atoms with Gasteiger partial charge >= 0.3 is 0 Å². The first-order valence-electron chi connectivity index (χ1n) is 9.35. The number of rotatable bonds is 7. The van der Waals surface area contributed by atoms with Gasteiger partial charge in [-0.1, -0.05) is 72.6 Å². The summed E-state index contributed by atoms with van der Waals surface area (Å²) < 4.78 is 0. The van der Waals surface area contributed by atoms with Crippen molar-refractivity contribution in [3.63, 3.8) is 0 Å². The number of unbranched alkanes of at least 4 members (excludes halogenated alkanes) is 5. The zero-order valence-corrected chi connectivity index (χ0v) is 14.6. The summed E-state index contributed by atoms with van der Waals surface area (Å²) in [5, 5.41) is 3.68. The molecule has 0 aliphatic carbocycles. The van der Waals surface area contributed by atoms with Crippen molar-refractivity contribution in [1.29, 1.82) is 0 Å². The molecule has 0 aromatic rings. The summed E-state index contributed by atoms with van der Waals surface area (Å²) in [6.45, 7) is 12.2. The molecular formula is C19H39N. The molecule has 4 atom stereocenters. The van der Waals surface area contributed by atoms with E-state index in [0.717, 1.165) is 23.7 Å². The van der Waals surface area contributed by atoms with E-state index < -0.39 is 0 Å². The van der Waals surface area contributed by atoms with Crippen LogP contribution in [0, 0.1) is 23.7 Å². The first-order chi connectivity index (χ1) is 9.65. The highest BCUT2D eigenvalue weighted by Gasteiger charge is 2.23. The van der Waals surface area contributed by atoms with Gasteiger partial charge in [-0.25, -0.2) is 0 Å². The molecule has 1 nitrogen and oxygen atoms in total.